The summed E-state index contributed by atoms with van der Waals surface area (Å²) in [7, 11) is 0. The van der Waals surface area contributed by atoms with Crippen molar-refractivity contribution in [1.29, 1.82) is 0 Å². The van der Waals surface area contributed by atoms with Crippen LogP contribution in [0.3, 0.4) is 0 Å². The van der Waals surface area contributed by atoms with Crippen molar-refractivity contribution in [2.45, 2.75) is 13.0 Å². The second-order valence-electron chi connectivity index (χ2n) is 6.46. The van der Waals surface area contributed by atoms with Crippen LogP contribution in [0.2, 0.25) is 0 Å². The van der Waals surface area contributed by atoms with Gasteiger partial charge in [-0.25, -0.2) is 4.98 Å². The van der Waals surface area contributed by atoms with E-state index in [0.717, 1.165) is 17.1 Å². The lowest BCUT2D eigenvalue weighted by molar-refractivity contribution is -0.116. The van der Waals surface area contributed by atoms with Gasteiger partial charge in [-0.05, 0) is 23.8 Å². The van der Waals surface area contributed by atoms with Crippen LogP contribution in [0, 0.1) is 0 Å². The van der Waals surface area contributed by atoms with Crippen LogP contribution in [0.4, 0.5) is 0 Å². The maximum absolute atomic E-state index is 12.4. The summed E-state index contributed by atoms with van der Waals surface area (Å²) in [5.41, 5.74) is 2.70. The lowest BCUT2D eigenvalue weighted by Crippen LogP contribution is -2.20. The third-order valence-electron chi connectivity index (χ3n) is 4.36. The molecule has 0 saturated heterocycles. The average molecular weight is 402 g/mol. The van der Waals surface area contributed by atoms with E-state index in [-0.39, 0.29) is 11.3 Å². The number of aromatic nitrogens is 1. The number of amides is 1. The first kappa shape index (κ1) is 18.8. The fraction of sp³-hybridized carbons (Fsp3) is 0.0870. The molecule has 0 saturated carbocycles. The van der Waals surface area contributed by atoms with E-state index in [2.05, 4.69) is 22.4 Å². The molecule has 0 aliphatic rings. The van der Waals surface area contributed by atoms with E-state index < -0.39 is 0 Å². The monoisotopic (exact) mass is 402 g/mol. The van der Waals surface area contributed by atoms with Gasteiger partial charge in [-0.3, -0.25) is 9.59 Å². The van der Waals surface area contributed by atoms with Crippen molar-refractivity contribution in [3.05, 3.63) is 104 Å². The van der Waals surface area contributed by atoms with E-state index in [1.165, 1.54) is 24.0 Å². The Labute approximate surface area is 171 Å². The third kappa shape index (κ3) is 4.67. The molecule has 0 bridgehead atoms. The van der Waals surface area contributed by atoms with Gasteiger partial charge in [-0.1, -0.05) is 42.5 Å². The van der Waals surface area contributed by atoms with E-state index >= 15 is 0 Å². The summed E-state index contributed by atoms with van der Waals surface area (Å²) in [5, 5.41) is 6.23. The summed E-state index contributed by atoms with van der Waals surface area (Å²) in [6.45, 7) is 0.334. The Morgan fingerprint density at radius 3 is 2.76 bits per heavy atom. The van der Waals surface area contributed by atoms with Gasteiger partial charge in [0.1, 0.15) is 11.8 Å². The van der Waals surface area contributed by atoms with Crippen molar-refractivity contribution < 1.29 is 9.21 Å². The molecule has 1 N–H and O–H groups in total. The molecule has 0 radical (unpaired) electrons. The summed E-state index contributed by atoms with van der Waals surface area (Å²) < 4.78 is 5.45. The first-order valence-corrected chi connectivity index (χ1v) is 10.0. The third-order valence-corrected chi connectivity index (χ3v) is 5.26. The summed E-state index contributed by atoms with van der Waals surface area (Å²) in [6.07, 6.45) is 4.94. The molecule has 2 aromatic heterocycles. The van der Waals surface area contributed by atoms with Gasteiger partial charge in [0, 0.05) is 17.9 Å². The van der Waals surface area contributed by atoms with E-state index in [0.29, 0.717) is 23.1 Å². The van der Waals surface area contributed by atoms with Crippen LogP contribution in [0.1, 0.15) is 21.8 Å². The van der Waals surface area contributed by atoms with E-state index in [1.54, 1.807) is 35.6 Å². The van der Waals surface area contributed by atoms with Gasteiger partial charge in [0.15, 0.2) is 5.43 Å². The van der Waals surface area contributed by atoms with Crippen LogP contribution in [-0.4, -0.2) is 10.9 Å². The predicted molar refractivity (Wildman–Crippen MR) is 115 cm³/mol. The molecular formula is C23H18N2O3S. The summed E-state index contributed by atoms with van der Waals surface area (Å²) in [4.78, 5) is 29.1. The molecule has 2 aromatic carbocycles. The fourth-order valence-electron chi connectivity index (χ4n) is 2.89. The number of benzene rings is 2. The number of nitrogens with one attached hydrogen (secondary N) is 1. The molecule has 0 aliphatic heterocycles. The number of para-hydroxylation sites is 1. The van der Waals surface area contributed by atoms with E-state index in [1.807, 2.05) is 23.6 Å². The number of carbonyl (C=O) groups is 1. The van der Waals surface area contributed by atoms with Crippen molar-refractivity contribution in [1.82, 2.24) is 10.3 Å². The maximum atomic E-state index is 12.4. The van der Waals surface area contributed by atoms with Crippen LogP contribution in [0.15, 0.2) is 81.5 Å². The second-order valence-corrected chi connectivity index (χ2v) is 7.41. The zero-order valence-electron chi connectivity index (χ0n) is 15.5. The number of fused-ring (bicyclic) bond motifs is 1. The molecular weight excluding hydrogens is 384 g/mol. The molecule has 144 valence electrons. The van der Waals surface area contributed by atoms with Gasteiger partial charge in [0.05, 0.1) is 28.2 Å². The maximum Gasteiger partial charge on any atom is 0.244 e. The number of hydrogen-bond acceptors (Lipinski definition) is 5. The predicted octanol–water partition coefficient (Wildman–Crippen LogP) is 4.17. The van der Waals surface area contributed by atoms with Crippen LogP contribution < -0.4 is 10.7 Å². The molecule has 0 unspecified atom stereocenters. The Morgan fingerprint density at radius 1 is 1.10 bits per heavy atom. The molecule has 6 heteroatoms. The highest BCUT2D eigenvalue weighted by Gasteiger charge is 2.06. The molecule has 4 aromatic rings. The lowest BCUT2D eigenvalue weighted by Gasteiger charge is -2.00. The lowest BCUT2D eigenvalue weighted by atomic mass is 10.1. The highest BCUT2D eigenvalue weighted by atomic mass is 32.1. The van der Waals surface area contributed by atoms with Gasteiger partial charge in [0.2, 0.25) is 5.91 Å². The van der Waals surface area contributed by atoms with Crippen LogP contribution >= 0.6 is 11.3 Å². The molecule has 0 spiro atoms. The normalized spacial score (nSPS) is 11.2. The number of rotatable bonds is 6. The van der Waals surface area contributed by atoms with Gasteiger partial charge in [-0.2, -0.15) is 0 Å². The smallest absolute Gasteiger partial charge is 0.244 e. The van der Waals surface area contributed by atoms with Crippen molar-refractivity contribution >= 4 is 34.3 Å². The SMILES string of the molecule is O=C(/C=C/c1coc2ccccc2c1=O)NCc1csc(Cc2ccccc2)n1. The Kier molecular flexibility index (Phi) is 5.63. The highest BCUT2D eigenvalue weighted by molar-refractivity contribution is 7.09. The molecule has 2 heterocycles. The number of thiazole rings is 1. The minimum atomic E-state index is -0.296. The second kappa shape index (κ2) is 8.67. The van der Waals surface area contributed by atoms with Crippen LogP contribution in [-0.2, 0) is 17.8 Å². The first-order chi connectivity index (χ1) is 14.2. The number of carbonyl (C=O) groups excluding carboxylic acids is 1. The topological polar surface area (TPSA) is 72.2 Å². The zero-order chi connectivity index (χ0) is 20.1. The van der Waals surface area contributed by atoms with E-state index in [4.69, 9.17) is 4.42 Å². The van der Waals surface area contributed by atoms with Crippen LogP contribution in [0.25, 0.3) is 17.0 Å². The highest BCUT2D eigenvalue weighted by Crippen LogP contribution is 2.15. The van der Waals surface area contributed by atoms with Gasteiger partial charge in [0.25, 0.3) is 0 Å². The summed E-state index contributed by atoms with van der Waals surface area (Å²) >= 11 is 1.58. The largest absolute Gasteiger partial charge is 0.463 e. The molecule has 0 fully saturated rings. The molecule has 0 atom stereocenters. The Balaban J connectivity index is 1.36. The minimum Gasteiger partial charge on any atom is -0.463 e. The Morgan fingerprint density at radius 2 is 1.90 bits per heavy atom. The molecule has 1 amide bonds. The fourth-order valence-corrected chi connectivity index (χ4v) is 3.72. The molecule has 0 aliphatic carbocycles. The van der Waals surface area contributed by atoms with Gasteiger partial charge < -0.3 is 9.73 Å². The number of nitrogens with zero attached hydrogens (tertiary/aromatic N) is 1. The van der Waals surface area contributed by atoms with Gasteiger partial charge >= 0.3 is 0 Å². The average Bonchev–Trinajstić information content (AvgIpc) is 3.20. The number of hydrogen-bond donors (Lipinski definition) is 1. The molecule has 4 rings (SSSR count). The van der Waals surface area contributed by atoms with Crippen molar-refractivity contribution in [2.24, 2.45) is 0 Å². The summed E-state index contributed by atoms with van der Waals surface area (Å²) in [5.74, 6) is -0.296. The summed E-state index contributed by atoms with van der Waals surface area (Å²) in [6, 6.07) is 17.1. The van der Waals surface area contributed by atoms with Crippen molar-refractivity contribution in [3.63, 3.8) is 0 Å². The standard InChI is InChI=1S/C23H18N2O3S/c26-21(11-10-17-14-28-20-9-5-4-8-19(20)23(17)27)24-13-18-15-29-22(25-18)12-16-6-2-1-3-7-16/h1-11,14-15H,12-13H2,(H,24,26)/b11-10+. The molecule has 29 heavy (non-hydrogen) atoms. The quantitative estimate of drug-likeness (QED) is 0.491. The van der Waals surface area contributed by atoms with Crippen LogP contribution in [0.5, 0.6) is 0 Å². The van der Waals surface area contributed by atoms with Crippen molar-refractivity contribution in [2.75, 3.05) is 0 Å². The minimum absolute atomic E-state index is 0.166. The van der Waals surface area contributed by atoms with E-state index in [9.17, 15) is 9.59 Å². The molecule has 5 nitrogen and oxygen atoms in total. The Bertz CT molecular complexity index is 1230. The van der Waals surface area contributed by atoms with Crippen molar-refractivity contribution in [3.8, 4) is 0 Å². The van der Waals surface area contributed by atoms with Gasteiger partial charge in [-0.15, -0.1) is 11.3 Å². The first-order valence-electron chi connectivity index (χ1n) is 9.13. The zero-order valence-corrected chi connectivity index (χ0v) is 16.3. The Hall–Kier alpha value is -3.51.